The van der Waals surface area contributed by atoms with Crippen molar-refractivity contribution in [3.8, 4) is 17.7 Å². The second-order valence-electron chi connectivity index (χ2n) is 4.03. The van der Waals surface area contributed by atoms with Crippen LogP contribution in [0.2, 0.25) is 0 Å². The van der Waals surface area contributed by atoms with Crippen LogP contribution in [0.15, 0.2) is 24.5 Å². The van der Waals surface area contributed by atoms with Crippen LogP contribution in [0.25, 0.3) is 11.2 Å². The zero-order valence-electron chi connectivity index (χ0n) is 10.9. The van der Waals surface area contributed by atoms with E-state index in [9.17, 15) is 4.39 Å². The van der Waals surface area contributed by atoms with Crippen molar-refractivity contribution >= 4 is 17.1 Å². The molecule has 0 radical (unpaired) electrons. The average Bonchev–Trinajstić information content (AvgIpc) is 2.96. The van der Waals surface area contributed by atoms with Crippen LogP contribution < -0.4 is 10.1 Å². The van der Waals surface area contributed by atoms with Crippen molar-refractivity contribution in [2.75, 3.05) is 12.4 Å². The summed E-state index contributed by atoms with van der Waals surface area (Å²) in [6, 6.07) is 5.91. The third-order valence-corrected chi connectivity index (χ3v) is 2.77. The number of halogens is 1. The molecule has 0 bridgehead atoms. The topological polar surface area (TPSA) is 99.5 Å². The van der Waals surface area contributed by atoms with Crippen molar-refractivity contribution in [2.24, 2.45) is 0 Å². The first-order valence-corrected chi connectivity index (χ1v) is 5.98. The first kappa shape index (κ1) is 12.8. The molecule has 0 saturated carbocycles. The Labute approximate surface area is 118 Å². The van der Waals surface area contributed by atoms with Crippen LogP contribution in [0.1, 0.15) is 5.56 Å². The smallest absolute Gasteiger partial charge is 0.250 e. The fourth-order valence-electron chi connectivity index (χ4n) is 1.79. The number of ether oxygens (including phenoxy) is 1. The number of aromatic amines is 1. The van der Waals surface area contributed by atoms with Crippen molar-refractivity contribution in [1.82, 2.24) is 19.9 Å². The highest BCUT2D eigenvalue weighted by Gasteiger charge is 2.15. The van der Waals surface area contributed by atoms with Gasteiger partial charge in [-0.3, -0.25) is 0 Å². The highest BCUT2D eigenvalue weighted by atomic mass is 19.1. The zero-order valence-corrected chi connectivity index (χ0v) is 10.9. The Morgan fingerprint density at radius 1 is 1.38 bits per heavy atom. The van der Waals surface area contributed by atoms with E-state index in [1.54, 1.807) is 13.1 Å². The summed E-state index contributed by atoms with van der Waals surface area (Å²) in [6.07, 6.45) is 1.45. The maximum absolute atomic E-state index is 13.6. The van der Waals surface area contributed by atoms with E-state index in [2.05, 4.69) is 25.3 Å². The van der Waals surface area contributed by atoms with Crippen molar-refractivity contribution in [3.63, 3.8) is 0 Å². The Balaban J connectivity index is 2.12. The maximum Gasteiger partial charge on any atom is 0.250 e. The average molecular weight is 284 g/mol. The van der Waals surface area contributed by atoms with E-state index in [1.807, 2.05) is 0 Å². The Bertz CT molecular complexity index is 853. The Morgan fingerprint density at radius 3 is 3.00 bits per heavy atom. The molecule has 0 spiro atoms. The molecule has 3 rings (SSSR count). The highest BCUT2D eigenvalue weighted by Crippen LogP contribution is 2.29. The molecule has 0 aliphatic heterocycles. The van der Waals surface area contributed by atoms with E-state index in [4.69, 9.17) is 10.00 Å². The highest BCUT2D eigenvalue weighted by molar-refractivity contribution is 5.77. The van der Waals surface area contributed by atoms with Crippen molar-refractivity contribution in [3.05, 3.63) is 35.9 Å². The summed E-state index contributed by atoms with van der Waals surface area (Å²) in [4.78, 5) is 15.1. The third-order valence-electron chi connectivity index (χ3n) is 2.77. The van der Waals surface area contributed by atoms with Gasteiger partial charge in [0.25, 0.3) is 5.88 Å². The van der Waals surface area contributed by atoms with E-state index in [0.717, 1.165) is 0 Å². The predicted molar refractivity (Wildman–Crippen MR) is 72.4 cm³/mol. The molecule has 2 aromatic heterocycles. The molecule has 0 aliphatic rings. The predicted octanol–water partition coefficient (Wildman–Crippen LogP) is 2.20. The quantitative estimate of drug-likeness (QED) is 0.764. The van der Waals surface area contributed by atoms with E-state index in [1.165, 1.54) is 24.5 Å². The van der Waals surface area contributed by atoms with Gasteiger partial charge in [0.2, 0.25) is 5.95 Å². The second kappa shape index (κ2) is 5.05. The first-order valence-electron chi connectivity index (χ1n) is 5.98. The fourth-order valence-corrected chi connectivity index (χ4v) is 1.79. The van der Waals surface area contributed by atoms with Crippen LogP contribution in [-0.4, -0.2) is 27.0 Å². The molecule has 2 N–H and O–H groups in total. The largest absolute Gasteiger partial charge is 0.435 e. The van der Waals surface area contributed by atoms with Gasteiger partial charge in [-0.1, -0.05) is 6.07 Å². The SMILES string of the molecule is CNc1nc(Oc2cccc(F)c2C#N)c2[nH]cnc2n1. The van der Waals surface area contributed by atoms with Crippen molar-refractivity contribution < 1.29 is 9.13 Å². The van der Waals surface area contributed by atoms with Crippen LogP contribution in [0, 0.1) is 17.1 Å². The van der Waals surface area contributed by atoms with Gasteiger partial charge in [-0.05, 0) is 12.1 Å². The number of hydrogen-bond donors (Lipinski definition) is 2. The molecule has 0 unspecified atom stereocenters. The lowest BCUT2D eigenvalue weighted by Gasteiger charge is -2.08. The molecule has 0 saturated heterocycles. The number of hydrogen-bond acceptors (Lipinski definition) is 6. The molecular formula is C13H9FN6O. The van der Waals surface area contributed by atoms with Gasteiger partial charge in [0.1, 0.15) is 28.7 Å². The minimum atomic E-state index is -0.654. The zero-order chi connectivity index (χ0) is 14.8. The molecule has 0 aliphatic carbocycles. The van der Waals surface area contributed by atoms with E-state index >= 15 is 0 Å². The number of aromatic nitrogens is 4. The Morgan fingerprint density at radius 2 is 2.24 bits per heavy atom. The molecule has 1 aromatic carbocycles. The summed E-state index contributed by atoms with van der Waals surface area (Å²) in [5.41, 5.74) is 0.677. The number of nitrogens with one attached hydrogen (secondary N) is 2. The maximum atomic E-state index is 13.6. The molecule has 0 atom stereocenters. The van der Waals surface area contributed by atoms with E-state index < -0.39 is 5.82 Å². The Hall–Kier alpha value is -3.21. The van der Waals surface area contributed by atoms with Gasteiger partial charge in [0.05, 0.1) is 6.33 Å². The lowest BCUT2D eigenvalue weighted by atomic mass is 10.2. The van der Waals surface area contributed by atoms with Crippen LogP contribution in [0.5, 0.6) is 11.6 Å². The lowest BCUT2D eigenvalue weighted by Crippen LogP contribution is -2.00. The van der Waals surface area contributed by atoms with Crippen LogP contribution in [0.4, 0.5) is 10.3 Å². The van der Waals surface area contributed by atoms with Crippen LogP contribution in [0.3, 0.4) is 0 Å². The minimum Gasteiger partial charge on any atom is -0.435 e. The number of nitriles is 1. The van der Waals surface area contributed by atoms with Gasteiger partial charge in [0, 0.05) is 7.05 Å². The monoisotopic (exact) mass is 284 g/mol. The summed E-state index contributed by atoms with van der Waals surface area (Å²) >= 11 is 0. The van der Waals surface area contributed by atoms with Crippen molar-refractivity contribution in [1.29, 1.82) is 5.26 Å². The number of imidazole rings is 1. The number of benzene rings is 1. The van der Waals surface area contributed by atoms with Gasteiger partial charge in [-0.2, -0.15) is 15.2 Å². The molecule has 0 fully saturated rings. The summed E-state index contributed by atoms with van der Waals surface area (Å²) in [5.74, 6) is -0.114. The van der Waals surface area contributed by atoms with Crippen molar-refractivity contribution in [2.45, 2.75) is 0 Å². The van der Waals surface area contributed by atoms with Gasteiger partial charge < -0.3 is 15.0 Å². The molecule has 7 nitrogen and oxygen atoms in total. The van der Waals surface area contributed by atoms with Gasteiger partial charge in [-0.15, -0.1) is 0 Å². The summed E-state index contributed by atoms with van der Waals surface area (Å²) in [5, 5.41) is 11.8. The minimum absolute atomic E-state index is 0.0779. The molecule has 8 heteroatoms. The number of anilines is 1. The summed E-state index contributed by atoms with van der Waals surface area (Å²) in [7, 11) is 1.65. The molecular weight excluding hydrogens is 275 g/mol. The third kappa shape index (κ3) is 2.21. The normalized spacial score (nSPS) is 10.3. The van der Waals surface area contributed by atoms with Crippen LogP contribution in [-0.2, 0) is 0 Å². The number of nitrogens with zero attached hydrogens (tertiary/aromatic N) is 4. The lowest BCUT2D eigenvalue weighted by molar-refractivity contribution is 0.461. The summed E-state index contributed by atoms with van der Waals surface area (Å²) in [6.45, 7) is 0. The molecule has 104 valence electrons. The molecule has 0 amide bonds. The van der Waals surface area contributed by atoms with Gasteiger partial charge >= 0.3 is 0 Å². The number of H-pyrrole nitrogens is 1. The number of rotatable bonds is 3. The van der Waals surface area contributed by atoms with E-state index in [0.29, 0.717) is 17.1 Å². The van der Waals surface area contributed by atoms with Gasteiger partial charge in [-0.25, -0.2) is 9.37 Å². The second-order valence-corrected chi connectivity index (χ2v) is 4.03. The van der Waals surface area contributed by atoms with E-state index in [-0.39, 0.29) is 17.2 Å². The first-order chi connectivity index (χ1) is 10.2. The fraction of sp³-hybridized carbons (Fsp3) is 0.0769. The Kier molecular flexibility index (Phi) is 3.08. The van der Waals surface area contributed by atoms with Crippen LogP contribution >= 0.6 is 0 Å². The summed E-state index contributed by atoms with van der Waals surface area (Å²) < 4.78 is 19.2. The van der Waals surface area contributed by atoms with Gasteiger partial charge in [0.15, 0.2) is 5.65 Å². The molecule has 2 heterocycles. The number of fused-ring (bicyclic) bond motifs is 1. The standard InChI is InChI=1S/C13H9FN6O/c1-16-13-19-11-10(17-6-18-11)12(20-13)21-9-4-2-3-8(14)7(9)5-15/h2-4,6H,1H3,(H2,16,17,18,19,20). The molecule has 21 heavy (non-hydrogen) atoms. The molecule has 3 aromatic rings.